The van der Waals surface area contributed by atoms with Crippen LogP contribution in [-0.4, -0.2) is 45.5 Å². The van der Waals surface area contributed by atoms with Crippen molar-refractivity contribution >= 4 is 29.9 Å². The van der Waals surface area contributed by atoms with Crippen LogP contribution in [0.1, 0.15) is 24.2 Å². The predicted octanol–water partition coefficient (Wildman–Crippen LogP) is 2.36. The molecule has 7 heteroatoms. The molecule has 1 aliphatic rings. The fraction of sp³-hybridized carbons (Fsp3) is 0.438. The summed E-state index contributed by atoms with van der Waals surface area (Å²) in [7, 11) is 1.84. The quantitative estimate of drug-likeness (QED) is 0.465. The number of guanidine groups is 1. The molecule has 0 aromatic carbocycles. The fourth-order valence-corrected chi connectivity index (χ4v) is 2.73. The third kappa shape index (κ3) is 4.21. The zero-order chi connectivity index (χ0) is 15.4. The van der Waals surface area contributed by atoms with E-state index in [-0.39, 0.29) is 24.0 Å². The molecule has 0 unspecified atom stereocenters. The van der Waals surface area contributed by atoms with Crippen molar-refractivity contribution in [3.63, 3.8) is 0 Å². The topological polar surface area (TPSA) is 58.3 Å². The smallest absolute Gasteiger partial charge is 0.193 e. The van der Waals surface area contributed by atoms with Crippen molar-refractivity contribution < 1.29 is 0 Å². The van der Waals surface area contributed by atoms with E-state index in [9.17, 15) is 0 Å². The number of aliphatic imine (C=N–C) groups is 1. The predicted molar refractivity (Wildman–Crippen MR) is 103 cm³/mol. The number of aromatic nitrogens is 3. The van der Waals surface area contributed by atoms with Crippen molar-refractivity contribution in [2.45, 2.75) is 26.3 Å². The van der Waals surface area contributed by atoms with Crippen LogP contribution in [0.2, 0.25) is 0 Å². The second kappa shape index (κ2) is 8.28. The summed E-state index contributed by atoms with van der Waals surface area (Å²) in [5.41, 5.74) is 1.14. The number of imidazole rings is 1. The maximum atomic E-state index is 4.51. The van der Waals surface area contributed by atoms with Crippen LogP contribution < -0.4 is 5.32 Å². The van der Waals surface area contributed by atoms with E-state index in [4.69, 9.17) is 0 Å². The van der Waals surface area contributed by atoms with E-state index >= 15 is 0 Å². The third-order valence-corrected chi connectivity index (χ3v) is 3.95. The minimum absolute atomic E-state index is 0. The first kappa shape index (κ1) is 17.7. The molecular formula is C16H23IN6. The lowest BCUT2D eigenvalue weighted by molar-refractivity contribution is 0.493. The summed E-state index contributed by atoms with van der Waals surface area (Å²) < 4.78 is 1.97. The van der Waals surface area contributed by atoms with Gasteiger partial charge in [0.2, 0.25) is 0 Å². The van der Waals surface area contributed by atoms with E-state index in [1.807, 2.05) is 37.0 Å². The third-order valence-electron chi connectivity index (χ3n) is 3.95. The molecule has 0 radical (unpaired) electrons. The molecule has 0 saturated carbocycles. The standard InChI is InChI=1S/C16H22N6.HI/c1-13-18-7-10-22(13)15-6-5-14(11-19-15)12-20-16(17-2)21-8-3-4-9-21;/h5-7,10-11H,3-4,8-9,12H2,1-2H3,(H,17,20);1H. The van der Waals surface area contributed by atoms with Crippen LogP contribution >= 0.6 is 24.0 Å². The molecule has 0 atom stereocenters. The molecule has 0 bridgehead atoms. The monoisotopic (exact) mass is 426 g/mol. The Morgan fingerprint density at radius 2 is 2.04 bits per heavy atom. The van der Waals surface area contributed by atoms with Gasteiger partial charge in [-0.2, -0.15) is 0 Å². The number of halogens is 1. The molecule has 2 aromatic rings. The highest BCUT2D eigenvalue weighted by molar-refractivity contribution is 14.0. The summed E-state index contributed by atoms with van der Waals surface area (Å²) in [6.45, 7) is 4.89. The number of nitrogens with zero attached hydrogens (tertiary/aromatic N) is 5. The second-order valence-corrected chi connectivity index (χ2v) is 5.46. The van der Waals surface area contributed by atoms with Gasteiger partial charge in [0, 0.05) is 45.3 Å². The maximum Gasteiger partial charge on any atom is 0.193 e. The van der Waals surface area contributed by atoms with Crippen LogP contribution in [0, 0.1) is 6.92 Å². The van der Waals surface area contributed by atoms with Gasteiger partial charge in [-0.3, -0.25) is 9.56 Å². The SMILES string of the molecule is CN=C(NCc1ccc(-n2ccnc2C)nc1)N1CCCC1.I. The average molecular weight is 426 g/mol. The molecule has 2 aromatic heterocycles. The highest BCUT2D eigenvalue weighted by Gasteiger charge is 2.15. The Hall–Kier alpha value is -1.64. The van der Waals surface area contributed by atoms with E-state index in [2.05, 4.69) is 31.2 Å². The molecule has 23 heavy (non-hydrogen) atoms. The van der Waals surface area contributed by atoms with Gasteiger partial charge in [0.25, 0.3) is 0 Å². The van der Waals surface area contributed by atoms with Gasteiger partial charge in [0.05, 0.1) is 0 Å². The second-order valence-electron chi connectivity index (χ2n) is 5.46. The molecule has 6 nitrogen and oxygen atoms in total. The first-order valence-corrected chi connectivity index (χ1v) is 7.69. The van der Waals surface area contributed by atoms with Crippen LogP contribution in [0.3, 0.4) is 0 Å². The normalized spacial score (nSPS) is 14.7. The van der Waals surface area contributed by atoms with Gasteiger partial charge in [-0.1, -0.05) is 6.07 Å². The fourth-order valence-electron chi connectivity index (χ4n) is 2.73. The van der Waals surface area contributed by atoms with Crippen LogP contribution in [0.4, 0.5) is 0 Å². The number of hydrogen-bond acceptors (Lipinski definition) is 3. The largest absolute Gasteiger partial charge is 0.352 e. The Bertz CT molecular complexity index is 643. The highest BCUT2D eigenvalue weighted by atomic mass is 127. The van der Waals surface area contributed by atoms with Gasteiger partial charge in [-0.15, -0.1) is 24.0 Å². The van der Waals surface area contributed by atoms with Crippen molar-refractivity contribution in [1.29, 1.82) is 0 Å². The average Bonchev–Trinajstić information content (AvgIpc) is 3.20. The van der Waals surface area contributed by atoms with E-state index < -0.39 is 0 Å². The van der Waals surface area contributed by atoms with Gasteiger partial charge in [-0.25, -0.2) is 9.97 Å². The molecule has 0 spiro atoms. The molecule has 3 rings (SSSR count). The van der Waals surface area contributed by atoms with Crippen molar-refractivity contribution in [3.05, 3.63) is 42.1 Å². The summed E-state index contributed by atoms with van der Waals surface area (Å²) in [4.78, 5) is 15.4. The Labute approximate surface area is 154 Å². The zero-order valence-electron chi connectivity index (χ0n) is 13.6. The molecule has 1 N–H and O–H groups in total. The molecule has 0 aliphatic carbocycles. The first-order chi connectivity index (χ1) is 10.8. The maximum absolute atomic E-state index is 4.51. The van der Waals surface area contributed by atoms with Crippen molar-refractivity contribution in [2.24, 2.45) is 4.99 Å². The molecule has 3 heterocycles. The minimum Gasteiger partial charge on any atom is -0.352 e. The summed E-state index contributed by atoms with van der Waals surface area (Å²) in [6, 6.07) is 4.11. The molecule has 0 amide bonds. The van der Waals surface area contributed by atoms with E-state index in [0.717, 1.165) is 42.8 Å². The molecule has 1 fully saturated rings. The Morgan fingerprint density at radius 1 is 1.26 bits per heavy atom. The number of nitrogens with one attached hydrogen (secondary N) is 1. The van der Waals surface area contributed by atoms with Gasteiger partial charge >= 0.3 is 0 Å². The summed E-state index contributed by atoms with van der Waals surface area (Å²) in [6.07, 6.45) is 8.11. The zero-order valence-corrected chi connectivity index (χ0v) is 15.9. The van der Waals surface area contributed by atoms with Gasteiger partial charge in [0.15, 0.2) is 5.96 Å². The Kier molecular flexibility index (Phi) is 6.37. The van der Waals surface area contributed by atoms with Crippen LogP contribution in [0.25, 0.3) is 5.82 Å². The van der Waals surface area contributed by atoms with Crippen molar-refractivity contribution in [1.82, 2.24) is 24.8 Å². The lowest BCUT2D eigenvalue weighted by Crippen LogP contribution is -2.39. The molecule has 1 aliphatic heterocycles. The van der Waals surface area contributed by atoms with Crippen LogP contribution in [0.15, 0.2) is 35.7 Å². The van der Waals surface area contributed by atoms with Crippen molar-refractivity contribution in [3.8, 4) is 5.82 Å². The summed E-state index contributed by atoms with van der Waals surface area (Å²) >= 11 is 0. The van der Waals surface area contributed by atoms with Crippen LogP contribution in [0.5, 0.6) is 0 Å². The van der Waals surface area contributed by atoms with Crippen LogP contribution in [-0.2, 0) is 6.54 Å². The number of likely N-dealkylation sites (tertiary alicyclic amines) is 1. The number of rotatable bonds is 3. The number of aryl methyl sites for hydroxylation is 1. The van der Waals surface area contributed by atoms with Crippen molar-refractivity contribution in [2.75, 3.05) is 20.1 Å². The highest BCUT2D eigenvalue weighted by Crippen LogP contribution is 2.10. The number of hydrogen-bond donors (Lipinski definition) is 1. The lowest BCUT2D eigenvalue weighted by Gasteiger charge is -2.20. The Morgan fingerprint density at radius 3 is 2.61 bits per heavy atom. The van der Waals surface area contributed by atoms with Gasteiger partial charge < -0.3 is 10.2 Å². The van der Waals surface area contributed by atoms with Gasteiger partial charge in [0.1, 0.15) is 11.6 Å². The van der Waals surface area contributed by atoms with E-state index in [0.29, 0.717) is 0 Å². The Balaban J connectivity index is 0.00000192. The minimum atomic E-state index is 0. The molecule has 1 saturated heterocycles. The number of pyridine rings is 1. The van der Waals surface area contributed by atoms with Gasteiger partial charge in [-0.05, 0) is 31.4 Å². The lowest BCUT2D eigenvalue weighted by atomic mass is 10.3. The molecule has 124 valence electrons. The first-order valence-electron chi connectivity index (χ1n) is 7.69. The summed E-state index contributed by atoms with van der Waals surface area (Å²) in [5, 5.41) is 3.41. The molecular weight excluding hydrogens is 403 g/mol. The van der Waals surface area contributed by atoms with E-state index in [1.54, 1.807) is 6.20 Å². The van der Waals surface area contributed by atoms with E-state index in [1.165, 1.54) is 12.8 Å². The summed E-state index contributed by atoms with van der Waals surface area (Å²) in [5.74, 6) is 2.81.